The molecule has 0 heterocycles. The molecular formula is C16H18BrFN2. The minimum Gasteiger partial charge on any atom is -0.378 e. The van der Waals surface area contributed by atoms with E-state index in [1.54, 1.807) is 12.1 Å². The summed E-state index contributed by atoms with van der Waals surface area (Å²) in [4.78, 5) is 2.07. The van der Waals surface area contributed by atoms with E-state index in [0.717, 1.165) is 16.6 Å². The van der Waals surface area contributed by atoms with Crippen LogP contribution in [0.3, 0.4) is 0 Å². The van der Waals surface area contributed by atoms with Gasteiger partial charge in [0.1, 0.15) is 5.82 Å². The summed E-state index contributed by atoms with van der Waals surface area (Å²) >= 11 is 3.43. The Morgan fingerprint density at radius 2 is 1.75 bits per heavy atom. The molecule has 0 amide bonds. The summed E-state index contributed by atoms with van der Waals surface area (Å²) in [5.41, 5.74) is 3.32. The van der Waals surface area contributed by atoms with Crippen molar-refractivity contribution in [1.82, 2.24) is 5.32 Å². The van der Waals surface area contributed by atoms with Gasteiger partial charge in [0.05, 0.1) is 0 Å². The van der Waals surface area contributed by atoms with Gasteiger partial charge in [0.2, 0.25) is 0 Å². The summed E-state index contributed by atoms with van der Waals surface area (Å²) in [7, 11) is 4.05. The van der Waals surface area contributed by atoms with Gasteiger partial charge in [0.15, 0.2) is 0 Å². The summed E-state index contributed by atoms with van der Waals surface area (Å²) in [6, 6.07) is 13.1. The molecule has 0 saturated heterocycles. The summed E-state index contributed by atoms with van der Waals surface area (Å²) in [6.07, 6.45) is 0. The number of benzene rings is 2. The molecule has 0 bridgehead atoms. The van der Waals surface area contributed by atoms with E-state index in [1.807, 2.05) is 14.1 Å². The molecule has 0 aliphatic rings. The van der Waals surface area contributed by atoms with Crippen LogP contribution in [-0.4, -0.2) is 14.1 Å². The Hall–Kier alpha value is -1.39. The van der Waals surface area contributed by atoms with Crippen molar-refractivity contribution in [3.8, 4) is 0 Å². The number of hydrogen-bond donors (Lipinski definition) is 1. The highest BCUT2D eigenvalue weighted by atomic mass is 79.9. The van der Waals surface area contributed by atoms with Crippen LogP contribution in [0.4, 0.5) is 10.1 Å². The third-order valence-corrected chi connectivity index (χ3v) is 3.88. The molecular weight excluding hydrogens is 319 g/mol. The second kappa shape index (κ2) is 6.86. The molecule has 106 valence electrons. The number of anilines is 1. The van der Waals surface area contributed by atoms with Gasteiger partial charge in [-0.2, -0.15) is 0 Å². The van der Waals surface area contributed by atoms with E-state index in [0.29, 0.717) is 6.54 Å². The van der Waals surface area contributed by atoms with E-state index in [4.69, 9.17) is 0 Å². The molecule has 2 aromatic carbocycles. The summed E-state index contributed by atoms with van der Waals surface area (Å²) in [5.74, 6) is -0.208. The van der Waals surface area contributed by atoms with Gasteiger partial charge in [-0.1, -0.05) is 28.1 Å². The van der Waals surface area contributed by atoms with E-state index in [-0.39, 0.29) is 5.82 Å². The Kier molecular flexibility index (Phi) is 5.15. The van der Waals surface area contributed by atoms with E-state index in [1.165, 1.54) is 17.3 Å². The van der Waals surface area contributed by atoms with Crippen LogP contribution in [0.15, 0.2) is 46.9 Å². The van der Waals surface area contributed by atoms with Gasteiger partial charge in [-0.15, -0.1) is 0 Å². The molecule has 0 aliphatic carbocycles. The second-order valence-corrected chi connectivity index (χ2v) is 5.75. The predicted octanol–water partition coefficient (Wildman–Crippen LogP) is 3.94. The van der Waals surface area contributed by atoms with Crippen LogP contribution in [0, 0.1) is 5.82 Å². The molecule has 0 fully saturated rings. The quantitative estimate of drug-likeness (QED) is 0.889. The highest BCUT2D eigenvalue weighted by Crippen LogP contribution is 2.18. The lowest BCUT2D eigenvalue weighted by Crippen LogP contribution is -2.13. The van der Waals surface area contributed by atoms with Crippen LogP contribution in [0.2, 0.25) is 0 Å². The molecule has 0 aliphatic heterocycles. The van der Waals surface area contributed by atoms with Crippen LogP contribution >= 0.6 is 15.9 Å². The molecule has 20 heavy (non-hydrogen) atoms. The van der Waals surface area contributed by atoms with Crippen molar-refractivity contribution in [2.75, 3.05) is 19.0 Å². The number of rotatable bonds is 5. The molecule has 0 saturated carbocycles. The molecule has 0 atom stereocenters. The molecule has 2 nitrogen and oxygen atoms in total. The molecule has 1 N–H and O–H groups in total. The minimum absolute atomic E-state index is 0.208. The van der Waals surface area contributed by atoms with Gasteiger partial charge in [-0.05, 0) is 41.5 Å². The van der Waals surface area contributed by atoms with Gasteiger partial charge in [-0.25, -0.2) is 4.39 Å². The summed E-state index contributed by atoms with van der Waals surface area (Å²) < 4.78 is 14.1. The first-order valence-corrected chi connectivity index (χ1v) is 7.26. The average molecular weight is 337 g/mol. The van der Waals surface area contributed by atoms with Gasteiger partial charge < -0.3 is 10.2 Å². The van der Waals surface area contributed by atoms with Gasteiger partial charge in [-0.3, -0.25) is 0 Å². The normalized spacial score (nSPS) is 10.6. The maximum Gasteiger partial charge on any atom is 0.123 e. The van der Waals surface area contributed by atoms with Crippen molar-refractivity contribution in [2.45, 2.75) is 13.1 Å². The zero-order valence-electron chi connectivity index (χ0n) is 11.7. The Morgan fingerprint density at radius 3 is 2.40 bits per heavy atom. The molecule has 2 aromatic rings. The van der Waals surface area contributed by atoms with Crippen LogP contribution in [0.5, 0.6) is 0 Å². The number of nitrogens with one attached hydrogen (secondary N) is 1. The Balaban J connectivity index is 1.91. The van der Waals surface area contributed by atoms with Crippen molar-refractivity contribution in [3.05, 3.63) is 63.9 Å². The lowest BCUT2D eigenvalue weighted by atomic mass is 10.2. The van der Waals surface area contributed by atoms with Gasteiger partial charge >= 0.3 is 0 Å². The van der Waals surface area contributed by atoms with Crippen molar-refractivity contribution in [2.24, 2.45) is 0 Å². The fraction of sp³-hybridized carbons (Fsp3) is 0.250. The lowest BCUT2D eigenvalue weighted by molar-refractivity contribution is 0.619. The van der Waals surface area contributed by atoms with Crippen LogP contribution in [-0.2, 0) is 13.1 Å². The van der Waals surface area contributed by atoms with E-state index in [9.17, 15) is 4.39 Å². The van der Waals surface area contributed by atoms with Crippen LogP contribution in [0.25, 0.3) is 0 Å². The summed E-state index contributed by atoms with van der Waals surface area (Å²) in [5, 5.41) is 3.32. The standard InChI is InChI=1S/C16H18BrFN2/c1-20(2)15-6-3-12(4-7-15)10-19-11-13-9-14(18)5-8-16(13)17/h3-9,19H,10-11H2,1-2H3. The number of halogens is 2. The largest absolute Gasteiger partial charge is 0.378 e. The molecule has 0 aromatic heterocycles. The SMILES string of the molecule is CN(C)c1ccc(CNCc2cc(F)ccc2Br)cc1. The average Bonchev–Trinajstić information content (AvgIpc) is 2.43. The first-order chi connectivity index (χ1) is 9.56. The molecule has 2 rings (SSSR count). The van der Waals surface area contributed by atoms with E-state index < -0.39 is 0 Å². The minimum atomic E-state index is -0.208. The van der Waals surface area contributed by atoms with Gasteiger partial charge in [0.25, 0.3) is 0 Å². The third kappa shape index (κ3) is 4.05. The van der Waals surface area contributed by atoms with E-state index >= 15 is 0 Å². The maximum absolute atomic E-state index is 13.2. The Morgan fingerprint density at radius 1 is 1.05 bits per heavy atom. The zero-order chi connectivity index (χ0) is 14.5. The Bertz CT molecular complexity index is 567. The van der Waals surface area contributed by atoms with Crippen LogP contribution in [0.1, 0.15) is 11.1 Å². The summed E-state index contributed by atoms with van der Waals surface area (Å²) in [6.45, 7) is 1.39. The maximum atomic E-state index is 13.2. The first kappa shape index (κ1) is 15.0. The molecule has 0 unspecified atom stereocenters. The lowest BCUT2D eigenvalue weighted by Gasteiger charge is -2.13. The smallest absolute Gasteiger partial charge is 0.123 e. The third-order valence-electron chi connectivity index (χ3n) is 3.11. The number of nitrogens with zero attached hydrogens (tertiary/aromatic N) is 1. The highest BCUT2D eigenvalue weighted by Gasteiger charge is 2.02. The monoisotopic (exact) mass is 336 g/mol. The van der Waals surface area contributed by atoms with Crippen molar-refractivity contribution >= 4 is 21.6 Å². The first-order valence-electron chi connectivity index (χ1n) is 6.47. The second-order valence-electron chi connectivity index (χ2n) is 4.90. The molecule has 4 heteroatoms. The molecule has 0 spiro atoms. The van der Waals surface area contributed by atoms with E-state index in [2.05, 4.69) is 50.4 Å². The van der Waals surface area contributed by atoms with Gasteiger partial charge in [0, 0.05) is 37.3 Å². The van der Waals surface area contributed by atoms with Crippen LogP contribution < -0.4 is 10.2 Å². The topological polar surface area (TPSA) is 15.3 Å². The van der Waals surface area contributed by atoms with Crippen molar-refractivity contribution in [1.29, 1.82) is 0 Å². The fourth-order valence-electron chi connectivity index (χ4n) is 1.93. The number of hydrogen-bond acceptors (Lipinski definition) is 2. The Labute approximate surface area is 127 Å². The predicted molar refractivity (Wildman–Crippen MR) is 85.4 cm³/mol. The fourth-order valence-corrected chi connectivity index (χ4v) is 2.32. The van der Waals surface area contributed by atoms with Crippen molar-refractivity contribution in [3.63, 3.8) is 0 Å². The molecule has 0 radical (unpaired) electrons. The van der Waals surface area contributed by atoms with Crippen molar-refractivity contribution < 1.29 is 4.39 Å². The highest BCUT2D eigenvalue weighted by molar-refractivity contribution is 9.10. The zero-order valence-corrected chi connectivity index (χ0v) is 13.2.